The number of hydrogen-bond donors (Lipinski definition) is 0. The molecule has 8 heteroatoms. The van der Waals surface area contributed by atoms with E-state index >= 15 is 0 Å². The normalized spacial score (nSPS) is 16.4. The SMILES string of the molecule is O=C1OC2(CCN(C(=O)c3cn(Cc4cc(F)cc(F)c4)c4ccccc34)CC2)c2ccc(F)cc21. The number of benzene rings is 3. The minimum atomic E-state index is -0.855. The minimum Gasteiger partial charge on any atom is -0.450 e. The number of para-hydroxylation sites is 1. The molecule has 2 aliphatic rings. The molecule has 0 radical (unpaired) electrons. The van der Waals surface area contributed by atoms with Gasteiger partial charge in [-0.25, -0.2) is 18.0 Å². The Hall–Kier alpha value is -4.07. The maximum atomic E-state index is 13.7. The van der Waals surface area contributed by atoms with Gasteiger partial charge in [0.1, 0.15) is 23.1 Å². The molecule has 0 N–H and O–H groups in total. The van der Waals surface area contributed by atoms with Crippen molar-refractivity contribution in [1.82, 2.24) is 9.47 Å². The number of piperidine rings is 1. The number of carbonyl (C=O) groups is 2. The zero-order chi connectivity index (χ0) is 25.0. The lowest BCUT2D eigenvalue weighted by Crippen LogP contribution is -2.45. The molecule has 1 aromatic heterocycles. The lowest BCUT2D eigenvalue weighted by Gasteiger charge is -2.38. The third-order valence-corrected chi connectivity index (χ3v) is 7.13. The number of aromatic nitrogens is 1. The van der Waals surface area contributed by atoms with E-state index in [9.17, 15) is 22.8 Å². The van der Waals surface area contributed by atoms with E-state index < -0.39 is 29.0 Å². The molecule has 0 atom stereocenters. The minimum absolute atomic E-state index is 0.172. The predicted octanol–water partition coefficient (Wildman–Crippen LogP) is 5.41. The molecule has 1 amide bonds. The summed E-state index contributed by atoms with van der Waals surface area (Å²) in [5, 5.41) is 0.743. The molecule has 1 saturated heterocycles. The van der Waals surface area contributed by atoms with Crippen LogP contribution in [0.3, 0.4) is 0 Å². The molecule has 182 valence electrons. The smallest absolute Gasteiger partial charge is 0.339 e. The number of esters is 1. The lowest BCUT2D eigenvalue weighted by molar-refractivity contribution is -0.0389. The summed E-state index contributed by atoms with van der Waals surface area (Å²) >= 11 is 0. The van der Waals surface area contributed by atoms with Crippen molar-refractivity contribution in [3.63, 3.8) is 0 Å². The van der Waals surface area contributed by atoms with Crippen LogP contribution >= 0.6 is 0 Å². The molecule has 4 aromatic rings. The van der Waals surface area contributed by atoms with Crippen molar-refractivity contribution in [1.29, 1.82) is 0 Å². The zero-order valence-corrected chi connectivity index (χ0v) is 19.1. The maximum absolute atomic E-state index is 13.7. The third kappa shape index (κ3) is 3.64. The first-order valence-corrected chi connectivity index (χ1v) is 11.7. The van der Waals surface area contributed by atoms with Crippen LogP contribution < -0.4 is 0 Å². The van der Waals surface area contributed by atoms with Crippen molar-refractivity contribution in [2.24, 2.45) is 0 Å². The van der Waals surface area contributed by atoms with Gasteiger partial charge < -0.3 is 14.2 Å². The van der Waals surface area contributed by atoms with Crippen LogP contribution in [0.2, 0.25) is 0 Å². The monoisotopic (exact) mass is 490 g/mol. The van der Waals surface area contributed by atoms with Gasteiger partial charge in [0.15, 0.2) is 0 Å². The van der Waals surface area contributed by atoms with Gasteiger partial charge in [0.2, 0.25) is 0 Å². The number of carbonyl (C=O) groups excluding carboxylic acids is 2. The molecule has 0 unspecified atom stereocenters. The van der Waals surface area contributed by atoms with Gasteiger partial charge in [-0.3, -0.25) is 4.79 Å². The summed E-state index contributed by atoms with van der Waals surface area (Å²) in [6, 6.07) is 14.9. The second kappa shape index (κ2) is 8.26. The van der Waals surface area contributed by atoms with Gasteiger partial charge in [-0.05, 0) is 35.9 Å². The van der Waals surface area contributed by atoms with E-state index in [1.807, 2.05) is 28.8 Å². The van der Waals surface area contributed by atoms with Crippen LogP contribution in [-0.2, 0) is 16.9 Å². The summed E-state index contributed by atoms with van der Waals surface area (Å²) < 4.78 is 48.6. The average Bonchev–Trinajstić information content (AvgIpc) is 3.33. The quantitative estimate of drug-likeness (QED) is 0.361. The Morgan fingerprint density at radius 2 is 1.64 bits per heavy atom. The Balaban J connectivity index is 1.27. The van der Waals surface area contributed by atoms with Gasteiger partial charge in [0.25, 0.3) is 5.91 Å². The summed E-state index contributed by atoms with van der Waals surface area (Å²) in [6.45, 7) is 0.921. The molecule has 3 aromatic carbocycles. The number of halogens is 3. The van der Waals surface area contributed by atoms with Gasteiger partial charge in [0, 0.05) is 61.2 Å². The Morgan fingerprint density at radius 1 is 0.917 bits per heavy atom. The van der Waals surface area contributed by atoms with E-state index in [0.717, 1.165) is 17.0 Å². The van der Waals surface area contributed by atoms with Gasteiger partial charge in [-0.2, -0.15) is 0 Å². The van der Waals surface area contributed by atoms with Crippen LogP contribution in [0, 0.1) is 17.5 Å². The van der Waals surface area contributed by atoms with Crippen LogP contribution in [0.4, 0.5) is 13.2 Å². The van der Waals surface area contributed by atoms with Gasteiger partial charge in [0.05, 0.1) is 11.1 Å². The first kappa shape index (κ1) is 22.4. The van der Waals surface area contributed by atoms with Crippen LogP contribution in [0.5, 0.6) is 0 Å². The molecule has 1 fully saturated rings. The number of likely N-dealkylation sites (tertiary alicyclic amines) is 1. The molecular formula is C28H21F3N2O3. The number of rotatable bonds is 3. The second-order valence-corrected chi connectivity index (χ2v) is 9.33. The van der Waals surface area contributed by atoms with Crippen molar-refractivity contribution in [3.05, 3.63) is 107 Å². The van der Waals surface area contributed by atoms with E-state index in [4.69, 9.17) is 4.74 Å². The summed E-state index contributed by atoms with van der Waals surface area (Å²) in [4.78, 5) is 27.6. The standard InChI is InChI=1S/C28H21F3N2O3/c29-18-5-6-24-22(14-18)27(35)36-28(24)7-9-32(10-8-28)26(34)23-16-33(25-4-2-1-3-21(23)25)15-17-11-19(30)13-20(31)12-17/h1-6,11-14,16H,7-10,15H2. The van der Waals surface area contributed by atoms with Gasteiger partial charge in [-0.15, -0.1) is 0 Å². The predicted molar refractivity (Wildman–Crippen MR) is 126 cm³/mol. The fourth-order valence-corrected chi connectivity index (χ4v) is 5.43. The Labute approximate surface area is 204 Å². The first-order valence-electron chi connectivity index (χ1n) is 11.7. The number of amides is 1. The van der Waals surface area contributed by atoms with Crippen molar-refractivity contribution >= 4 is 22.8 Å². The van der Waals surface area contributed by atoms with Crippen molar-refractivity contribution < 1.29 is 27.5 Å². The zero-order valence-electron chi connectivity index (χ0n) is 19.1. The molecule has 0 bridgehead atoms. The molecular weight excluding hydrogens is 469 g/mol. The fourth-order valence-electron chi connectivity index (χ4n) is 5.43. The first-order chi connectivity index (χ1) is 17.3. The average molecular weight is 490 g/mol. The molecule has 2 aliphatic heterocycles. The molecule has 0 aliphatic carbocycles. The highest BCUT2D eigenvalue weighted by Gasteiger charge is 2.48. The van der Waals surface area contributed by atoms with Gasteiger partial charge >= 0.3 is 5.97 Å². The summed E-state index contributed by atoms with van der Waals surface area (Å²) in [6.07, 6.45) is 2.53. The van der Waals surface area contributed by atoms with Gasteiger partial charge in [-0.1, -0.05) is 24.3 Å². The number of fused-ring (bicyclic) bond motifs is 3. The topological polar surface area (TPSA) is 51.5 Å². The Morgan fingerprint density at radius 3 is 2.39 bits per heavy atom. The van der Waals surface area contributed by atoms with E-state index in [1.165, 1.54) is 24.3 Å². The van der Waals surface area contributed by atoms with Crippen molar-refractivity contribution in [2.75, 3.05) is 13.1 Å². The second-order valence-electron chi connectivity index (χ2n) is 9.33. The van der Waals surface area contributed by atoms with E-state index in [-0.39, 0.29) is 18.0 Å². The summed E-state index contributed by atoms with van der Waals surface area (Å²) in [5.41, 5.74) is 1.77. The Bertz CT molecular complexity index is 1520. The molecule has 5 nitrogen and oxygen atoms in total. The number of nitrogens with zero attached hydrogens (tertiary/aromatic N) is 2. The fraction of sp³-hybridized carbons (Fsp3) is 0.214. The highest BCUT2D eigenvalue weighted by atomic mass is 19.1. The largest absolute Gasteiger partial charge is 0.450 e. The number of ether oxygens (including phenoxy) is 1. The molecule has 36 heavy (non-hydrogen) atoms. The maximum Gasteiger partial charge on any atom is 0.339 e. The van der Waals surface area contributed by atoms with E-state index in [0.29, 0.717) is 42.6 Å². The molecule has 6 rings (SSSR count). The molecule has 1 spiro atoms. The highest BCUT2D eigenvalue weighted by molar-refractivity contribution is 6.07. The Kier molecular flexibility index (Phi) is 5.14. The van der Waals surface area contributed by atoms with Crippen molar-refractivity contribution in [2.45, 2.75) is 25.0 Å². The molecule has 3 heterocycles. The molecule has 0 saturated carbocycles. The summed E-state index contributed by atoms with van der Waals surface area (Å²) in [5.74, 6) is -2.52. The number of hydrogen-bond acceptors (Lipinski definition) is 3. The van der Waals surface area contributed by atoms with Crippen LogP contribution in [0.1, 0.15) is 44.7 Å². The lowest BCUT2D eigenvalue weighted by atomic mass is 9.83. The van der Waals surface area contributed by atoms with Crippen LogP contribution in [0.25, 0.3) is 10.9 Å². The van der Waals surface area contributed by atoms with Crippen LogP contribution in [-0.4, -0.2) is 34.4 Å². The van der Waals surface area contributed by atoms with Crippen LogP contribution in [0.15, 0.2) is 66.9 Å². The third-order valence-electron chi connectivity index (χ3n) is 7.13. The van der Waals surface area contributed by atoms with E-state index in [2.05, 4.69) is 0 Å². The summed E-state index contributed by atoms with van der Waals surface area (Å²) in [7, 11) is 0. The van der Waals surface area contributed by atoms with E-state index in [1.54, 1.807) is 17.2 Å². The van der Waals surface area contributed by atoms with Crippen molar-refractivity contribution in [3.8, 4) is 0 Å². The highest BCUT2D eigenvalue weighted by Crippen LogP contribution is 2.44.